The van der Waals surface area contributed by atoms with Crippen LogP contribution in [0.5, 0.6) is 0 Å². The Balaban J connectivity index is 4.90. The Morgan fingerprint density at radius 3 is 0.766 bits per heavy atom. The Morgan fingerprint density at radius 1 is 0.319 bits per heavy atom. The van der Waals surface area contributed by atoms with E-state index in [2.05, 4.69) is 41.5 Å². The fourth-order valence-corrected chi connectivity index (χ4v) is 14.7. The summed E-state index contributed by atoms with van der Waals surface area (Å²) in [6.45, 7) is 18.0. The summed E-state index contributed by atoms with van der Waals surface area (Å²) in [7, 11) is 0.509. The monoisotopic (exact) mass is 758 g/mol. The first-order valence-electron chi connectivity index (χ1n) is 19.8. The summed E-state index contributed by atoms with van der Waals surface area (Å²) >= 11 is 0. The van der Waals surface area contributed by atoms with E-state index in [0.29, 0.717) is 0 Å². The van der Waals surface area contributed by atoms with Crippen LogP contribution >= 0.6 is 31.4 Å². The van der Waals surface area contributed by atoms with Gasteiger partial charge in [0.1, 0.15) is 0 Å². The lowest BCUT2D eigenvalue weighted by Gasteiger charge is -2.30. The molecule has 6 nitrogen and oxygen atoms in total. The molecule has 0 heterocycles. The molecular weight excluding hydrogens is 681 g/mol. The highest BCUT2D eigenvalue weighted by Crippen LogP contribution is 2.37. The highest BCUT2D eigenvalue weighted by molar-refractivity contribution is 9.09. The third kappa shape index (κ3) is 29.5. The predicted octanol–water partition coefficient (Wildman–Crippen LogP) is 12.9. The van der Waals surface area contributed by atoms with Crippen molar-refractivity contribution in [2.75, 3.05) is 51.1 Å². The fraction of sp³-hybridized carbons (Fsp3) is 1.00. The third-order valence-electron chi connectivity index (χ3n) is 7.94. The molecule has 0 saturated heterocycles. The molecule has 0 unspecified atom stereocenters. The molecule has 47 heavy (non-hydrogen) atoms. The molecule has 0 aliphatic rings. The lowest BCUT2D eigenvalue weighted by molar-refractivity contribution is 0.0547. The van der Waals surface area contributed by atoms with Gasteiger partial charge in [-0.3, -0.25) is 0 Å². The molecule has 0 aromatic carbocycles. The predicted molar refractivity (Wildman–Crippen MR) is 216 cm³/mol. The van der Waals surface area contributed by atoms with Gasteiger partial charge in [0, 0.05) is 63.2 Å². The van der Waals surface area contributed by atoms with E-state index in [1.807, 2.05) is 31.4 Å². The SMILES string of the molecule is CCCCCO[Si](CCCSSSCCC[Si](OCCCCC)(OCCCCC)OCCCCC)(OCCCCC)OCCCCC. The summed E-state index contributed by atoms with van der Waals surface area (Å²) in [6.07, 6.45) is 23.1. The average Bonchev–Trinajstić information content (AvgIpc) is 3.08. The van der Waals surface area contributed by atoms with Crippen LogP contribution in [0.15, 0.2) is 0 Å². The first kappa shape index (κ1) is 48.2. The van der Waals surface area contributed by atoms with Gasteiger partial charge < -0.3 is 26.6 Å². The second kappa shape index (κ2) is 37.0. The zero-order valence-electron chi connectivity index (χ0n) is 31.9. The number of hydrogen-bond donors (Lipinski definition) is 0. The molecule has 0 atom stereocenters. The van der Waals surface area contributed by atoms with Crippen molar-refractivity contribution < 1.29 is 26.6 Å². The molecule has 11 heteroatoms. The van der Waals surface area contributed by atoms with E-state index >= 15 is 0 Å². The average molecular weight is 759 g/mol. The van der Waals surface area contributed by atoms with Gasteiger partial charge in [-0.2, -0.15) is 0 Å². The van der Waals surface area contributed by atoms with Gasteiger partial charge in [-0.05, 0) is 61.2 Å². The first-order chi connectivity index (χ1) is 23.1. The second-order valence-electron chi connectivity index (χ2n) is 12.6. The summed E-state index contributed by atoms with van der Waals surface area (Å²) in [5, 5.41) is 0. The van der Waals surface area contributed by atoms with Gasteiger partial charge in [-0.15, -0.1) is 0 Å². The Kier molecular flexibility index (Phi) is 38.0. The van der Waals surface area contributed by atoms with Crippen molar-refractivity contribution in [2.45, 2.75) is 182 Å². The van der Waals surface area contributed by atoms with Gasteiger partial charge in [0.05, 0.1) is 0 Å². The van der Waals surface area contributed by atoms with Gasteiger partial charge in [-0.1, -0.05) is 140 Å². The molecule has 0 aromatic rings. The third-order valence-corrected chi connectivity index (χ3v) is 18.1. The van der Waals surface area contributed by atoms with E-state index in [0.717, 1.165) is 115 Å². The minimum Gasteiger partial charge on any atom is -0.373 e. The maximum atomic E-state index is 6.55. The smallest absolute Gasteiger partial charge is 0.373 e. The zero-order valence-corrected chi connectivity index (χ0v) is 36.3. The molecule has 0 saturated carbocycles. The van der Waals surface area contributed by atoms with E-state index < -0.39 is 17.6 Å². The Labute approximate surface area is 307 Å². The van der Waals surface area contributed by atoms with Crippen LogP contribution in [0.2, 0.25) is 12.1 Å². The van der Waals surface area contributed by atoms with Crippen LogP contribution in [0.25, 0.3) is 0 Å². The number of hydrogen-bond acceptors (Lipinski definition) is 9. The largest absolute Gasteiger partial charge is 0.500 e. The van der Waals surface area contributed by atoms with Crippen LogP contribution in [0, 0.1) is 0 Å². The number of unbranched alkanes of at least 4 members (excludes halogenated alkanes) is 12. The highest BCUT2D eigenvalue weighted by atomic mass is 33.5. The molecule has 0 N–H and O–H groups in total. The molecule has 0 amide bonds. The summed E-state index contributed by atoms with van der Waals surface area (Å²) < 4.78 is 39.3. The highest BCUT2D eigenvalue weighted by Gasteiger charge is 2.41. The molecule has 0 spiro atoms. The van der Waals surface area contributed by atoms with Gasteiger partial charge in [-0.25, -0.2) is 0 Å². The topological polar surface area (TPSA) is 55.4 Å². The molecule has 0 bridgehead atoms. The first-order valence-corrected chi connectivity index (χ1v) is 27.5. The molecule has 0 aliphatic carbocycles. The minimum atomic E-state index is -2.66. The van der Waals surface area contributed by atoms with Crippen LogP contribution in [0.4, 0.5) is 0 Å². The molecule has 0 fully saturated rings. The lowest BCUT2D eigenvalue weighted by atomic mass is 10.3. The van der Waals surface area contributed by atoms with E-state index in [1.54, 1.807) is 0 Å². The molecule has 0 rings (SSSR count). The van der Waals surface area contributed by atoms with Crippen molar-refractivity contribution in [1.29, 1.82) is 0 Å². The molecule has 284 valence electrons. The summed E-state index contributed by atoms with van der Waals surface area (Å²) in [4.78, 5) is 0. The van der Waals surface area contributed by atoms with Crippen LogP contribution in [0.1, 0.15) is 170 Å². The second-order valence-corrected chi connectivity index (χ2v) is 22.6. The molecular formula is C36H78O6S3Si2. The van der Waals surface area contributed by atoms with E-state index in [-0.39, 0.29) is 0 Å². The standard InChI is InChI=1S/C36H78O6S3Si2/c1-7-13-19-27-37-46(38-28-20-14-8-2,39-29-21-15-9-3)35-25-33-43-45-44-34-26-36-47(40-30-22-16-10-4,41-31-23-17-11-5)42-32-24-18-12-6/h7-36H2,1-6H3. The summed E-state index contributed by atoms with van der Waals surface area (Å²) in [5.74, 6) is 2.17. The Morgan fingerprint density at radius 2 is 0.553 bits per heavy atom. The quantitative estimate of drug-likeness (QED) is 0.0345. The zero-order chi connectivity index (χ0) is 34.6. The van der Waals surface area contributed by atoms with Crippen molar-refractivity contribution in [1.82, 2.24) is 0 Å². The Bertz CT molecular complexity index is 515. The van der Waals surface area contributed by atoms with Crippen molar-refractivity contribution >= 4 is 49.0 Å². The van der Waals surface area contributed by atoms with Crippen molar-refractivity contribution in [3.05, 3.63) is 0 Å². The van der Waals surface area contributed by atoms with Crippen LogP contribution in [-0.2, 0) is 26.6 Å². The van der Waals surface area contributed by atoms with Crippen LogP contribution in [0.3, 0.4) is 0 Å². The summed E-state index contributed by atoms with van der Waals surface area (Å²) in [5.41, 5.74) is 0. The van der Waals surface area contributed by atoms with E-state index in [9.17, 15) is 0 Å². The van der Waals surface area contributed by atoms with Gasteiger partial charge in [0.15, 0.2) is 0 Å². The minimum absolute atomic E-state index is 0.761. The summed E-state index contributed by atoms with van der Waals surface area (Å²) in [6, 6.07) is 1.84. The molecule has 0 radical (unpaired) electrons. The maximum Gasteiger partial charge on any atom is 0.500 e. The Hall–Kier alpha value is 1.24. The van der Waals surface area contributed by atoms with E-state index in [1.165, 1.54) is 77.0 Å². The van der Waals surface area contributed by atoms with Crippen LogP contribution < -0.4 is 0 Å². The van der Waals surface area contributed by atoms with Gasteiger partial charge in [0.25, 0.3) is 0 Å². The van der Waals surface area contributed by atoms with Gasteiger partial charge in [0.2, 0.25) is 0 Å². The normalized spacial score (nSPS) is 12.4. The fourth-order valence-electron chi connectivity index (χ4n) is 4.96. The van der Waals surface area contributed by atoms with Gasteiger partial charge >= 0.3 is 17.6 Å². The van der Waals surface area contributed by atoms with E-state index in [4.69, 9.17) is 26.6 Å². The number of rotatable bonds is 40. The molecule has 0 aromatic heterocycles. The van der Waals surface area contributed by atoms with Crippen molar-refractivity contribution in [2.24, 2.45) is 0 Å². The maximum absolute atomic E-state index is 6.55. The lowest BCUT2D eigenvalue weighted by Crippen LogP contribution is -2.46. The van der Waals surface area contributed by atoms with Crippen molar-refractivity contribution in [3.63, 3.8) is 0 Å². The molecule has 0 aliphatic heterocycles. The van der Waals surface area contributed by atoms with Crippen LogP contribution in [-0.4, -0.2) is 68.8 Å². The van der Waals surface area contributed by atoms with Crippen molar-refractivity contribution in [3.8, 4) is 0 Å².